The molecule has 0 saturated carbocycles. The van der Waals surface area contributed by atoms with Crippen LogP contribution in [0.5, 0.6) is 5.75 Å². The molecular weight excluding hydrogens is 368 g/mol. The van der Waals surface area contributed by atoms with Gasteiger partial charge in [-0.25, -0.2) is 8.78 Å². The summed E-state index contributed by atoms with van der Waals surface area (Å²) < 4.78 is 33.4. The van der Waals surface area contributed by atoms with Crippen LogP contribution in [0.3, 0.4) is 0 Å². The third-order valence-corrected chi connectivity index (χ3v) is 4.39. The summed E-state index contributed by atoms with van der Waals surface area (Å²) in [6.45, 7) is 2.27. The van der Waals surface area contributed by atoms with E-state index < -0.39 is 34.3 Å². The van der Waals surface area contributed by atoms with Gasteiger partial charge in [-0.1, -0.05) is 25.1 Å². The molecule has 1 aromatic rings. The predicted molar refractivity (Wildman–Crippen MR) is 93.6 cm³/mol. The van der Waals surface area contributed by atoms with Gasteiger partial charge < -0.3 is 15.2 Å². The number of halogens is 2. The van der Waals surface area contributed by atoms with Crippen LogP contribution in [-0.4, -0.2) is 40.2 Å². The lowest BCUT2D eigenvalue weighted by molar-refractivity contribution is -0.138. The second-order valence-corrected chi connectivity index (χ2v) is 6.51. The first-order valence-corrected chi connectivity index (χ1v) is 8.71. The summed E-state index contributed by atoms with van der Waals surface area (Å²) in [5.41, 5.74) is -0.417. The fourth-order valence-corrected chi connectivity index (χ4v) is 2.91. The summed E-state index contributed by atoms with van der Waals surface area (Å²) in [6, 6.07) is 2.26. The van der Waals surface area contributed by atoms with Crippen molar-refractivity contribution in [2.75, 3.05) is 6.61 Å². The van der Waals surface area contributed by atoms with Crippen LogP contribution in [-0.2, 0) is 9.59 Å². The topological polar surface area (TPSA) is 100 Å². The fraction of sp³-hybridized carbons (Fsp3) is 0.375. The highest BCUT2D eigenvalue weighted by Gasteiger charge is 2.32. The molecule has 0 aromatic heterocycles. The van der Waals surface area contributed by atoms with Crippen LogP contribution in [0.2, 0.25) is 0 Å². The van der Waals surface area contributed by atoms with E-state index in [1.165, 1.54) is 6.07 Å². The molecule has 1 saturated heterocycles. The minimum Gasteiger partial charge on any atom is -0.490 e. The van der Waals surface area contributed by atoms with Crippen molar-refractivity contribution >= 4 is 35.0 Å². The lowest BCUT2D eigenvalue weighted by Crippen LogP contribution is -2.26. The van der Waals surface area contributed by atoms with Crippen molar-refractivity contribution in [2.24, 2.45) is 10.2 Å². The molecule has 1 heterocycles. The summed E-state index contributed by atoms with van der Waals surface area (Å²) in [4.78, 5) is 22.2. The average molecular weight is 385 g/mol. The summed E-state index contributed by atoms with van der Waals surface area (Å²) in [7, 11) is 0. The number of amides is 1. The van der Waals surface area contributed by atoms with E-state index in [0.29, 0.717) is 6.61 Å². The van der Waals surface area contributed by atoms with Crippen molar-refractivity contribution in [2.45, 2.75) is 31.4 Å². The molecule has 7 nitrogen and oxygen atoms in total. The molecular formula is C16H17F2N3O4S. The van der Waals surface area contributed by atoms with Crippen molar-refractivity contribution in [1.82, 2.24) is 5.32 Å². The number of carbonyl (C=O) groups excluding carboxylic acids is 1. The number of carboxylic acid groups (broad SMARTS) is 1. The summed E-state index contributed by atoms with van der Waals surface area (Å²) in [5, 5.41) is 17.6. The molecule has 1 aliphatic rings. The van der Waals surface area contributed by atoms with E-state index in [9.17, 15) is 18.4 Å². The number of nitrogens with one attached hydrogen (secondary N) is 1. The minimum absolute atomic E-state index is 0.0636. The standard InChI is InChI=1S/C16H17F2N3O4S/c1-2-3-6-25-11-5-4-10(17)9(14(11)18)8-19-21-16-20-15(24)12(26-16)7-13(22)23/h4-5,8,12H,2-3,6-7H2,1H3,(H,22,23)(H,20,21,24). The van der Waals surface area contributed by atoms with Crippen molar-refractivity contribution in [3.8, 4) is 5.75 Å². The van der Waals surface area contributed by atoms with Crippen molar-refractivity contribution < 1.29 is 28.2 Å². The average Bonchev–Trinajstić information content (AvgIpc) is 2.92. The van der Waals surface area contributed by atoms with Gasteiger partial charge in [0, 0.05) is 0 Å². The molecule has 140 valence electrons. The minimum atomic E-state index is -1.12. The third kappa shape index (κ3) is 5.25. The summed E-state index contributed by atoms with van der Waals surface area (Å²) in [6.07, 6.45) is 2.13. The number of ether oxygens (including phenoxy) is 1. The number of carboxylic acids is 1. The van der Waals surface area contributed by atoms with E-state index in [1.54, 1.807) is 0 Å². The Kier molecular flexibility index (Phi) is 7.07. The largest absolute Gasteiger partial charge is 0.490 e. The van der Waals surface area contributed by atoms with Crippen molar-refractivity contribution in [3.05, 3.63) is 29.3 Å². The zero-order valence-electron chi connectivity index (χ0n) is 13.9. The van der Waals surface area contributed by atoms with Crippen LogP contribution < -0.4 is 10.1 Å². The number of hydrogen-bond acceptors (Lipinski definition) is 6. The van der Waals surface area contributed by atoms with E-state index in [1.807, 2.05) is 6.92 Å². The van der Waals surface area contributed by atoms with Crippen LogP contribution in [0.15, 0.2) is 22.3 Å². The maximum atomic E-state index is 14.3. The van der Waals surface area contributed by atoms with E-state index in [0.717, 1.165) is 36.9 Å². The first kappa shape index (κ1) is 19.8. The number of unbranched alkanes of at least 4 members (excludes halogenated alkanes) is 1. The maximum absolute atomic E-state index is 14.3. The molecule has 1 atom stereocenters. The first-order chi connectivity index (χ1) is 12.4. The molecule has 0 bridgehead atoms. The molecule has 0 radical (unpaired) electrons. The quantitative estimate of drug-likeness (QED) is 0.407. The Morgan fingerprint density at radius 3 is 2.92 bits per heavy atom. The van der Waals surface area contributed by atoms with Gasteiger partial charge in [-0.3, -0.25) is 9.59 Å². The highest BCUT2D eigenvalue weighted by atomic mass is 32.2. The third-order valence-electron chi connectivity index (χ3n) is 3.32. The van der Waals surface area contributed by atoms with E-state index in [4.69, 9.17) is 9.84 Å². The van der Waals surface area contributed by atoms with Crippen LogP contribution >= 0.6 is 11.8 Å². The molecule has 26 heavy (non-hydrogen) atoms. The van der Waals surface area contributed by atoms with Crippen LogP contribution in [0, 0.1) is 11.6 Å². The lowest BCUT2D eigenvalue weighted by Gasteiger charge is -2.08. The molecule has 2 N–H and O–H groups in total. The maximum Gasteiger partial charge on any atom is 0.305 e. The zero-order chi connectivity index (χ0) is 19.1. The van der Waals surface area contributed by atoms with Gasteiger partial charge in [0.15, 0.2) is 16.7 Å². The van der Waals surface area contributed by atoms with Gasteiger partial charge in [0.05, 0.1) is 24.8 Å². The molecule has 2 rings (SSSR count). The second kappa shape index (κ2) is 9.27. The number of carbonyl (C=O) groups is 2. The van der Waals surface area contributed by atoms with Crippen LogP contribution in [0.1, 0.15) is 31.7 Å². The smallest absolute Gasteiger partial charge is 0.305 e. The van der Waals surface area contributed by atoms with Crippen LogP contribution in [0.25, 0.3) is 0 Å². The Morgan fingerprint density at radius 2 is 2.23 bits per heavy atom. The van der Waals surface area contributed by atoms with Gasteiger partial charge in [-0.2, -0.15) is 5.10 Å². The summed E-state index contributed by atoms with van der Waals surface area (Å²) in [5.74, 6) is -3.43. The van der Waals surface area contributed by atoms with E-state index in [2.05, 4.69) is 15.5 Å². The van der Waals surface area contributed by atoms with Crippen molar-refractivity contribution in [3.63, 3.8) is 0 Å². The Hall–Kier alpha value is -2.49. The molecule has 10 heteroatoms. The zero-order valence-corrected chi connectivity index (χ0v) is 14.7. The highest BCUT2D eigenvalue weighted by Crippen LogP contribution is 2.24. The number of hydrogen-bond donors (Lipinski definition) is 2. The van der Waals surface area contributed by atoms with E-state index >= 15 is 0 Å². The monoisotopic (exact) mass is 385 g/mol. The Balaban J connectivity index is 2.09. The Morgan fingerprint density at radius 1 is 1.46 bits per heavy atom. The normalized spacial score (nSPS) is 18.5. The summed E-state index contributed by atoms with van der Waals surface area (Å²) >= 11 is 0.890. The first-order valence-electron chi connectivity index (χ1n) is 7.83. The predicted octanol–water partition coefficient (Wildman–Crippen LogP) is 2.54. The SMILES string of the molecule is CCCCOc1ccc(F)c(C=NN=C2NC(=O)C(CC(=O)O)S2)c1F. The van der Waals surface area contributed by atoms with Gasteiger partial charge in [0.2, 0.25) is 5.91 Å². The Bertz CT molecular complexity index is 755. The molecule has 0 aliphatic carbocycles. The number of aliphatic carboxylic acids is 1. The van der Waals surface area contributed by atoms with Gasteiger partial charge in [-0.05, 0) is 18.6 Å². The number of thioether (sulfide) groups is 1. The number of amidine groups is 1. The van der Waals surface area contributed by atoms with Crippen LogP contribution in [0.4, 0.5) is 8.78 Å². The molecule has 0 spiro atoms. The number of rotatable bonds is 8. The van der Waals surface area contributed by atoms with Crippen molar-refractivity contribution in [1.29, 1.82) is 0 Å². The molecule has 1 fully saturated rings. The number of nitrogens with zero attached hydrogens (tertiary/aromatic N) is 2. The fourth-order valence-electron chi connectivity index (χ4n) is 1.99. The number of benzene rings is 1. The highest BCUT2D eigenvalue weighted by molar-refractivity contribution is 8.15. The van der Waals surface area contributed by atoms with Gasteiger partial charge in [0.25, 0.3) is 0 Å². The molecule has 1 aromatic carbocycles. The van der Waals surface area contributed by atoms with Gasteiger partial charge >= 0.3 is 5.97 Å². The molecule has 1 aliphatic heterocycles. The molecule has 1 amide bonds. The Labute approximate surface area is 152 Å². The second-order valence-electron chi connectivity index (χ2n) is 5.32. The molecule has 1 unspecified atom stereocenters. The lowest BCUT2D eigenvalue weighted by atomic mass is 10.2. The van der Waals surface area contributed by atoms with Gasteiger partial charge in [-0.15, -0.1) is 5.10 Å². The van der Waals surface area contributed by atoms with E-state index in [-0.39, 0.29) is 17.3 Å². The van der Waals surface area contributed by atoms with Gasteiger partial charge in [0.1, 0.15) is 11.1 Å².